The van der Waals surface area contributed by atoms with Gasteiger partial charge in [0, 0.05) is 38.3 Å². The highest BCUT2D eigenvalue weighted by molar-refractivity contribution is 7.18. The van der Waals surface area contributed by atoms with E-state index in [9.17, 15) is 4.39 Å². The van der Waals surface area contributed by atoms with Crippen molar-refractivity contribution in [3.63, 3.8) is 0 Å². The number of imidazole rings is 1. The SMILES string of the molecule is Fc1cccnc1CNc1ncnc2sc(CCNCCc3ncc(-c4ccccn4)[nH]3)nc12. The predicted molar refractivity (Wildman–Crippen MR) is 129 cm³/mol. The van der Waals surface area contributed by atoms with Gasteiger partial charge in [-0.1, -0.05) is 17.4 Å². The Morgan fingerprint density at radius 3 is 2.74 bits per heavy atom. The van der Waals surface area contributed by atoms with Crippen molar-refractivity contribution in [2.45, 2.75) is 19.4 Å². The second kappa shape index (κ2) is 10.4. The first-order chi connectivity index (χ1) is 16.8. The van der Waals surface area contributed by atoms with Gasteiger partial charge in [0.15, 0.2) is 5.82 Å². The molecule has 0 spiro atoms. The summed E-state index contributed by atoms with van der Waals surface area (Å²) in [5, 5.41) is 7.52. The van der Waals surface area contributed by atoms with E-state index in [0.717, 1.165) is 53.0 Å². The number of fused-ring (bicyclic) bond motifs is 1. The van der Waals surface area contributed by atoms with E-state index >= 15 is 0 Å². The van der Waals surface area contributed by atoms with Crippen molar-refractivity contribution < 1.29 is 4.39 Å². The highest BCUT2D eigenvalue weighted by Crippen LogP contribution is 2.25. The summed E-state index contributed by atoms with van der Waals surface area (Å²) in [6, 6.07) is 8.76. The van der Waals surface area contributed by atoms with Crippen LogP contribution in [0.4, 0.5) is 10.2 Å². The van der Waals surface area contributed by atoms with Gasteiger partial charge in [0.1, 0.15) is 28.3 Å². The number of anilines is 1. The summed E-state index contributed by atoms with van der Waals surface area (Å²) >= 11 is 1.53. The summed E-state index contributed by atoms with van der Waals surface area (Å²) in [6.45, 7) is 1.80. The van der Waals surface area contributed by atoms with Crippen molar-refractivity contribution in [2.75, 3.05) is 18.4 Å². The highest BCUT2D eigenvalue weighted by atomic mass is 32.1. The van der Waals surface area contributed by atoms with Crippen LogP contribution in [0.2, 0.25) is 0 Å². The molecule has 34 heavy (non-hydrogen) atoms. The molecule has 0 fully saturated rings. The summed E-state index contributed by atoms with van der Waals surface area (Å²) in [5.41, 5.74) is 2.82. The lowest BCUT2D eigenvalue weighted by molar-refractivity contribution is 0.602. The maximum absolute atomic E-state index is 13.8. The Balaban J connectivity index is 1.12. The number of aromatic nitrogens is 7. The van der Waals surface area contributed by atoms with Crippen LogP contribution in [-0.4, -0.2) is 48.0 Å². The standard InChI is InChI=1S/C23H22FN9S/c24-15-4-3-9-27-17(15)12-29-22-21-23(31-14-30-22)34-20(33-21)7-11-25-10-6-19-28-13-18(32-19)16-5-1-2-8-26-16/h1-5,8-9,13-14,25H,6-7,10-12H2,(H,28,32)(H,29,30,31). The molecule has 3 N–H and O–H groups in total. The van der Waals surface area contributed by atoms with Crippen molar-refractivity contribution in [1.29, 1.82) is 0 Å². The molecule has 0 atom stereocenters. The molecule has 0 saturated heterocycles. The molecule has 9 nitrogen and oxygen atoms in total. The maximum Gasteiger partial charge on any atom is 0.157 e. The Kier molecular flexibility index (Phi) is 6.73. The Bertz CT molecular complexity index is 1370. The molecule has 0 aliphatic carbocycles. The highest BCUT2D eigenvalue weighted by Gasteiger charge is 2.12. The van der Waals surface area contributed by atoms with Crippen molar-refractivity contribution in [3.8, 4) is 11.4 Å². The zero-order valence-electron chi connectivity index (χ0n) is 18.2. The smallest absolute Gasteiger partial charge is 0.157 e. The van der Waals surface area contributed by atoms with E-state index < -0.39 is 0 Å². The molecule has 0 radical (unpaired) electrons. The lowest BCUT2D eigenvalue weighted by Crippen LogP contribution is -2.20. The third-order valence-electron chi connectivity index (χ3n) is 5.12. The fourth-order valence-electron chi connectivity index (χ4n) is 3.42. The summed E-state index contributed by atoms with van der Waals surface area (Å²) < 4.78 is 13.8. The average molecular weight is 476 g/mol. The molecule has 0 aliphatic heterocycles. The molecule has 0 unspecified atom stereocenters. The first kappa shape index (κ1) is 22.0. The first-order valence-electron chi connectivity index (χ1n) is 10.9. The molecule has 5 rings (SSSR count). The fraction of sp³-hybridized carbons (Fsp3) is 0.217. The lowest BCUT2D eigenvalue weighted by atomic mass is 10.3. The van der Waals surface area contributed by atoms with Crippen LogP contribution in [0.1, 0.15) is 16.5 Å². The molecule has 0 aromatic carbocycles. The number of hydrogen-bond donors (Lipinski definition) is 3. The third-order valence-corrected chi connectivity index (χ3v) is 6.14. The van der Waals surface area contributed by atoms with Gasteiger partial charge in [0.05, 0.1) is 34.8 Å². The van der Waals surface area contributed by atoms with Gasteiger partial charge in [-0.05, 0) is 24.3 Å². The Labute approximate surface area is 199 Å². The average Bonchev–Trinajstić information content (AvgIpc) is 3.51. The molecule has 0 saturated carbocycles. The molecule has 5 aromatic heterocycles. The molecular weight excluding hydrogens is 453 g/mol. The van der Waals surface area contributed by atoms with Gasteiger partial charge in [-0.2, -0.15) is 0 Å². The number of nitrogens with zero attached hydrogens (tertiary/aromatic N) is 6. The largest absolute Gasteiger partial charge is 0.362 e. The Morgan fingerprint density at radius 1 is 0.941 bits per heavy atom. The minimum Gasteiger partial charge on any atom is -0.362 e. The van der Waals surface area contributed by atoms with Gasteiger partial charge >= 0.3 is 0 Å². The number of rotatable bonds is 10. The van der Waals surface area contributed by atoms with Gasteiger partial charge < -0.3 is 15.6 Å². The van der Waals surface area contributed by atoms with Crippen LogP contribution in [-0.2, 0) is 19.4 Å². The molecular formula is C23H22FN9S. The number of hydrogen-bond acceptors (Lipinski definition) is 9. The van der Waals surface area contributed by atoms with Crippen molar-refractivity contribution >= 4 is 27.5 Å². The van der Waals surface area contributed by atoms with Gasteiger partial charge in [-0.3, -0.25) is 9.97 Å². The van der Waals surface area contributed by atoms with Gasteiger partial charge in [0.25, 0.3) is 0 Å². The van der Waals surface area contributed by atoms with Crippen LogP contribution in [0.25, 0.3) is 21.7 Å². The van der Waals surface area contributed by atoms with Crippen LogP contribution >= 0.6 is 11.3 Å². The summed E-state index contributed by atoms with van der Waals surface area (Å²) in [4.78, 5) is 30.2. The molecule has 0 amide bonds. The van der Waals surface area contributed by atoms with Gasteiger partial charge in [-0.15, -0.1) is 0 Å². The minimum atomic E-state index is -0.354. The van der Waals surface area contributed by atoms with E-state index in [1.807, 2.05) is 24.4 Å². The number of aromatic amines is 1. The number of thiazole rings is 1. The van der Waals surface area contributed by atoms with Crippen LogP contribution in [0.15, 0.2) is 55.2 Å². The second-order valence-corrected chi connectivity index (χ2v) is 8.54. The van der Waals surface area contributed by atoms with E-state index in [0.29, 0.717) is 17.0 Å². The monoisotopic (exact) mass is 475 g/mol. The molecule has 172 valence electrons. The molecule has 0 aliphatic rings. The zero-order chi connectivity index (χ0) is 23.2. The topological polar surface area (TPSA) is 117 Å². The zero-order valence-corrected chi connectivity index (χ0v) is 19.0. The van der Waals surface area contributed by atoms with E-state index in [-0.39, 0.29) is 12.4 Å². The van der Waals surface area contributed by atoms with Crippen LogP contribution in [0, 0.1) is 5.82 Å². The van der Waals surface area contributed by atoms with Gasteiger partial charge in [-0.25, -0.2) is 24.3 Å². The van der Waals surface area contributed by atoms with E-state index in [2.05, 4.69) is 40.5 Å². The molecule has 5 heterocycles. The molecule has 5 aromatic rings. The number of H-pyrrole nitrogens is 1. The molecule has 11 heteroatoms. The summed E-state index contributed by atoms with van der Waals surface area (Å²) in [5.74, 6) is 1.14. The van der Waals surface area contributed by atoms with Crippen molar-refractivity contribution in [2.24, 2.45) is 0 Å². The second-order valence-electron chi connectivity index (χ2n) is 7.48. The van der Waals surface area contributed by atoms with Crippen LogP contribution < -0.4 is 10.6 Å². The Hall–Kier alpha value is -3.83. The quantitative estimate of drug-likeness (QED) is 0.263. The lowest BCUT2D eigenvalue weighted by Gasteiger charge is -2.05. The molecule has 0 bridgehead atoms. The van der Waals surface area contributed by atoms with Crippen LogP contribution in [0.3, 0.4) is 0 Å². The summed E-state index contributed by atoms with van der Waals surface area (Å²) in [6.07, 6.45) is 8.19. The van der Waals surface area contributed by atoms with Crippen molar-refractivity contribution in [3.05, 3.63) is 77.6 Å². The minimum absolute atomic E-state index is 0.224. The van der Waals surface area contributed by atoms with E-state index in [1.54, 1.807) is 18.5 Å². The Morgan fingerprint density at radius 2 is 1.85 bits per heavy atom. The predicted octanol–water partition coefficient (Wildman–Crippen LogP) is 3.39. The normalized spacial score (nSPS) is 11.2. The van der Waals surface area contributed by atoms with E-state index in [1.165, 1.54) is 23.7 Å². The maximum atomic E-state index is 13.8. The fourth-order valence-corrected chi connectivity index (χ4v) is 4.32. The van der Waals surface area contributed by atoms with E-state index in [4.69, 9.17) is 4.98 Å². The first-order valence-corrected chi connectivity index (χ1v) is 11.7. The number of pyridine rings is 2. The number of nitrogens with one attached hydrogen (secondary N) is 3. The van der Waals surface area contributed by atoms with Crippen LogP contribution in [0.5, 0.6) is 0 Å². The number of halogens is 1. The van der Waals surface area contributed by atoms with Gasteiger partial charge in [0.2, 0.25) is 0 Å². The van der Waals surface area contributed by atoms with Crippen molar-refractivity contribution in [1.82, 2.24) is 40.2 Å². The summed E-state index contributed by atoms with van der Waals surface area (Å²) in [7, 11) is 0. The third kappa shape index (κ3) is 5.21.